The standard InChI is InChI=1S/C14H24O2/c1-13(2,3)16-12(15)14(4)10-8-6-5-7-9-11-14/h5-6H,7-11H2,1-4H3/b6-5-. The van der Waals surface area contributed by atoms with Crippen molar-refractivity contribution in [2.24, 2.45) is 5.41 Å². The monoisotopic (exact) mass is 224 g/mol. The molecule has 0 aromatic carbocycles. The molecule has 0 fully saturated rings. The minimum absolute atomic E-state index is 0.0321. The summed E-state index contributed by atoms with van der Waals surface area (Å²) >= 11 is 0. The van der Waals surface area contributed by atoms with Crippen LogP contribution in [0.2, 0.25) is 0 Å². The normalized spacial score (nSPS) is 29.0. The zero-order valence-electron chi connectivity index (χ0n) is 11.0. The molecular formula is C14H24O2. The molecule has 1 aliphatic carbocycles. The number of carbonyl (C=O) groups excluding carboxylic acids is 1. The van der Waals surface area contributed by atoms with E-state index in [0.29, 0.717) is 0 Å². The molecule has 0 amide bonds. The minimum Gasteiger partial charge on any atom is -0.460 e. The molecule has 0 aromatic heterocycles. The van der Waals surface area contributed by atoms with Crippen LogP contribution in [0.1, 0.15) is 59.8 Å². The van der Waals surface area contributed by atoms with Crippen molar-refractivity contribution in [3.05, 3.63) is 12.2 Å². The quantitative estimate of drug-likeness (QED) is 0.499. The summed E-state index contributed by atoms with van der Waals surface area (Å²) in [5.41, 5.74) is -0.670. The lowest BCUT2D eigenvalue weighted by Crippen LogP contribution is -2.36. The van der Waals surface area contributed by atoms with E-state index in [1.165, 1.54) is 0 Å². The maximum absolute atomic E-state index is 12.2. The van der Waals surface area contributed by atoms with Crippen LogP contribution in [0.15, 0.2) is 12.2 Å². The van der Waals surface area contributed by atoms with Gasteiger partial charge < -0.3 is 4.74 Å². The molecule has 1 atom stereocenters. The van der Waals surface area contributed by atoms with E-state index in [1.807, 2.05) is 27.7 Å². The van der Waals surface area contributed by atoms with Gasteiger partial charge in [0.25, 0.3) is 0 Å². The summed E-state index contributed by atoms with van der Waals surface area (Å²) in [6.45, 7) is 7.82. The van der Waals surface area contributed by atoms with Gasteiger partial charge in [0, 0.05) is 0 Å². The van der Waals surface area contributed by atoms with Crippen molar-refractivity contribution in [2.75, 3.05) is 0 Å². The fraction of sp³-hybridized carbons (Fsp3) is 0.786. The summed E-state index contributed by atoms with van der Waals surface area (Å²) in [5.74, 6) is -0.0321. The zero-order chi connectivity index (χ0) is 12.2. The first-order chi connectivity index (χ1) is 7.33. The van der Waals surface area contributed by atoms with Crippen molar-refractivity contribution >= 4 is 5.97 Å². The summed E-state index contributed by atoms with van der Waals surface area (Å²) in [6.07, 6.45) is 9.38. The van der Waals surface area contributed by atoms with Gasteiger partial charge in [-0.3, -0.25) is 4.79 Å². The summed E-state index contributed by atoms with van der Waals surface area (Å²) < 4.78 is 5.51. The van der Waals surface area contributed by atoms with Crippen LogP contribution in [0.3, 0.4) is 0 Å². The molecule has 1 aliphatic rings. The SMILES string of the molecule is CC(C)(C)OC(=O)C1(C)CC/C=C\CCC1. The van der Waals surface area contributed by atoms with Crippen molar-refractivity contribution < 1.29 is 9.53 Å². The van der Waals surface area contributed by atoms with E-state index >= 15 is 0 Å². The van der Waals surface area contributed by atoms with Gasteiger partial charge in [0.05, 0.1) is 5.41 Å². The zero-order valence-corrected chi connectivity index (χ0v) is 11.0. The van der Waals surface area contributed by atoms with Crippen LogP contribution in [-0.2, 0) is 9.53 Å². The Morgan fingerprint density at radius 2 is 1.81 bits per heavy atom. The molecule has 0 bridgehead atoms. The molecule has 92 valence electrons. The third-order valence-electron chi connectivity index (χ3n) is 3.02. The van der Waals surface area contributed by atoms with Crippen LogP contribution in [0, 0.1) is 5.41 Å². The van der Waals surface area contributed by atoms with Crippen LogP contribution in [0.5, 0.6) is 0 Å². The highest BCUT2D eigenvalue weighted by Crippen LogP contribution is 2.34. The Morgan fingerprint density at radius 3 is 2.44 bits per heavy atom. The highest BCUT2D eigenvalue weighted by atomic mass is 16.6. The first-order valence-electron chi connectivity index (χ1n) is 6.22. The Kier molecular flexibility index (Phi) is 4.17. The smallest absolute Gasteiger partial charge is 0.312 e. The van der Waals surface area contributed by atoms with Crippen LogP contribution >= 0.6 is 0 Å². The summed E-state index contributed by atoms with van der Waals surface area (Å²) in [5, 5.41) is 0. The highest BCUT2D eigenvalue weighted by molar-refractivity contribution is 5.76. The predicted octanol–water partition coefficient (Wildman–Crippen LogP) is 3.85. The van der Waals surface area contributed by atoms with E-state index in [9.17, 15) is 4.79 Å². The summed E-state index contributed by atoms with van der Waals surface area (Å²) in [6, 6.07) is 0. The average molecular weight is 224 g/mol. The van der Waals surface area contributed by atoms with Crippen LogP contribution in [0.25, 0.3) is 0 Å². The van der Waals surface area contributed by atoms with Crippen molar-refractivity contribution in [3.8, 4) is 0 Å². The molecule has 2 nitrogen and oxygen atoms in total. The first-order valence-corrected chi connectivity index (χ1v) is 6.22. The maximum Gasteiger partial charge on any atom is 0.312 e. The Hall–Kier alpha value is -0.790. The maximum atomic E-state index is 12.2. The van der Waals surface area contributed by atoms with Crippen LogP contribution in [0.4, 0.5) is 0 Å². The lowest BCUT2D eigenvalue weighted by molar-refractivity contribution is -0.167. The fourth-order valence-corrected chi connectivity index (χ4v) is 1.98. The number of hydrogen-bond donors (Lipinski definition) is 0. The highest BCUT2D eigenvalue weighted by Gasteiger charge is 2.36. The summed E-state index contributed by atoms with van der Waals surface area (Å²) in [7, 11) is 0. The molecule has 0 radical (unpaired) electrons. The summed E-state index contributed by atoms with van der Waals surface area (Å²) in [4.78, 5) is 12.2. The number of hydrogen-bond acceptors (Lipinski definition) is 2. The van der Waals surface area contributed by atoms with Gasteiger partial charge in [-0.1, -0.05) is 12.2 Å². The molecule has 2 heteroatoms. The molecule has 1 rings (SSSR count). The Labute approximate surface area is 99.1 Å². The lowest BCUT2D eigenvalue weighted by Gasteiger charge is -2.31. The van der Waals surface area contributed by atoms with Crippen molar-refractivity contribution in [2.45, 2.75) is 65.4 Å². The average Bonchev–Trinajstić information content (AvgIpc) is 2.08. The number of ether oxygens (including phenoxy) is 1. The van der Waals surface area contributed by atoms with Crippen molar-refractivity contribution in [1.29, 1.82) is 0 Å². The Bertz CT molecular complexity index is 273. The second-order valence-electron chi connectivity index (χ2n) is 5.96. The van der Waals surface area contributed by atoms with Gasteiger partial charge in [0.1, 0.15) is 5.60 Å². The third-order valence-corrected chi connectivity index (χ3v) is 3.02. The van der Waals surface area contributed by atoms with Gasteiger partial charge >= 0.3 is 5.97 Å². The van der Waals surface area contributed by atoms with Gasteiger partial charge in [-0.15, -0.1) is 0 Å². The molecule has 0 saturated carbocycles. The van der Waals surface area contributed by atoms with Gasteiger partial charge in [-0.05, 0) is 59.8 Å². The van der Waals surface area contributed by atoms with Gasteiger partial charge in [0.15, 0.2) is 0 Å². The van der Waals surface area contributed by atoms with E-state index in [4.69, 9.17) is 4.74 Å². The fourth-order valence-electron chi connectivity index (χ4n) is 1.98. The van der Waals surface area contributed by atoms with E-state index < -0.39 is 0 Å². The molecule has 0 N–H and O–H groups in total. The number of carbonyl (C=O) groups is 1. The van der Waals surface area contributed by atoms with E-state index in [2.05, 4.69) is 12.2 Å². The van der Waals surface area contributed by atoms with Crippen molar-refractivity contribution in [1.82, 2.24) is 0 Å². The van der Waals surface area contributed by atoms with Crippen LogP contribution in [-0.4, -0.2) is 11.6 Å². The molecule has 0 aliphatic heterocycles. The Balaban J connectivity index is 2.67. The molecule has 16 heavy (non-hydrogen) atoms. The predicted molar refractivity (Wildman–Crippen MR) is 66.2 cm³/mol. The van der Waals surface area contributed by atoms with Crippen molar-refractivity contribution in [3.63, 3.8) is 0 Å². The second-order valence-corrected chi connectivity index (χ2v) is 5.96. The minimum atomic E-state index is -0.377. The third kappa shape index (κ3) is 3.99. The lowest BCUT2D eigenvalue weighted by atomic mass is 9.79. The molecule has 0 saturated heterocycles. The largest absolute Gasteiger partial charge is 0.460 e. The van der Waals surface area contributed by atoms with E-state index in [-0.39, 0.29) is 17.0 Å². The number of rotatable bonds is 1. The molecule has 0 heterocycles. The molecule has 0 spiro atoms. The van der Waals surface area contributed by atoms with Gasteiger partial charge in [0.2, 0.25) is 0 Å². The Morgan fingerprint density at radius 1 is 1.19 bits per heavy atom. The molecule has 1 unspecified atom stereocenters. The first kappa shape index (κ1) is 13.3. The second kappa shape index (κ2) is 5.03. The van der Waals surface area contributed by atoms with E-state index in [1.54, 1.807) is 0 Å². The number of allylic oxidation sites excluding steroid dienone is 2. The molecular weight excluding hydrogens is 200 g/mol. The topological polar surface area (TPSA) is 26.3 Å². The van der Waals surface area contributed by atoms with E-state index in [0.717, 1.165) is 32.1 Å². The van der Waals surface area contributed by atoms with Gasteiger partial charge in [-0.2, -0.15) is 0 Å². The van der Waals surface area contributed by atoms with Gasteiger partial charge in [-0.25, -0.2) is 0 Å². The molecule has 0 aromatic rings. The number of esters is 1. The van der Waals surface area contributed by atoms with Crippen LogP contribution < -0.4 is 0 Å².